The van der Waals surface area contributed by atoms with Gasteiger partial charge in [0, 0.05) is 0 Å². The van der Waals surface area contributed by atoms with Gasteiger partial charge in [-0.15, -0.1) is 0 Å². The number of nitrogens with one attached hydrogen (secondary N) is 1. The molecule has 3 rings (SSSR count). The Morgan fingerprint density at radius 3 is 2.62 bits per heavy atom. The summed E-state index contributed by atoms with van der Waals surface area (Å²) in [7, 11) is 0. The van der Waals surface area contributed by atoms with Crippen molar-refractivity contribution in [3.05, 3.63) is 53.9 Å². The minimum absolute atomic E-state index is 0.500. The minimum Gasteiger partial charge on any atom is -0.340 e. The molecule has 0 aliphatic carbocycles. The van der Waals surface area contributed by atoms with E-state index >= 15 is 0 Å². The maximum atomic E-state index is 8.99. The van der Waals surface area contributed by atoms with Crippen molar-refractivity contribution in [2.24, 2.45) is 5.73 Å². The van der Waals surface area contributed by atoms with Gasteiger partial charge in [0.25, 0.3) is 0 Å². The first-order chi connectivity index (χ1) is 9.97. The average molecular weight is 276 g/mol. The molecule has 0 radical (unpaired) electrons. The second-order valence-corrected chi connectivity index (χ2v) is 5.73. The van der Waals surface area contributed by atoms with Crippen LogP contribution in [0.2, 0.25) is 0 Å². The highest BCUT2D eigenvalue weighted by Gasteiger charge is 2.18. The SMILES string of the molecule is CC(C)(N)c1nc2cc(-c3cccc(C#N)c3)ccc2[nH]1. The van der Waals surface area contributed by atoms with Crippen LogP contribution in [0.5, 0.6) is 0 Å². The molecule has 0 saturated heterocycles. The summed E-state index contributed by atoms with van der Waals surface area (Å²) in [5, 5.41) is 8.99. The van der Waals surface area contributed by atoms with E-state index in [1.807, 2.05) is 50.2 Å². The van der Waals surface area contributed by atoms with E-state index < -0.39 is 5.54 Å². The Kier molecular flexibility index (Phi) is 3.00. The molecule has 0 spiro atoms. The summed E-state index contributed by atoms with van der Waals surface area (Å²) >= 11 is 0. The number of fused-ring (bicyclic) bond motifs is 1. The Morgan fingerprint density at radius 2 is 1.90 bits per heavy atom. The van der Waals surface area contributed by atoms with Gasteiger partial charge in [-0.1, -0.05) is 18.2 Å². The molecule has 1 heterocycles. The van der Waals surface area contributed by atoms with Gasteiger partial charge in [-0.3, -0.25) is 0 Å². The topological polar surface area (TPSA) is 78.5 Å². The lowest BCUT2D eigenvalue weighted by molar-refractivity contribution is 0.522. The number of nitrogens with zero attached hydrogens (tertiary/aromatic N) is 2. The van der Waals surface area contributed by atoms with Crippen LogP contribution in [0.3, 0.4) is 0 Å². The summed E-state index contributed by atoms with van der Waals surface area (Å²) in [5.74, 6) is 0.764. The predicted molar refractivity (Wildman–Crippen MR) is 83.5 cm³/mol. The van der Waals surface area contributed by atoms with E-state index in [0.717, 1.165) is 28.0 Å². The lowest BCUT2D eigenvalue weighted by atomic mass is 10.0. The highest BCUT2D eigenvalue weighted by Crippen LogP contribution is 2.25. The molecule has 21 heavy (non-hydrogen) atoms. The molecule has 3 N–H and O–H groups in total. The summed E-state index contributed by atoms with van der Waals surface area (Å²) in [4.78, 5) is 7.82. The van der Waals surface area contributed by atoms with Gasteiger partial charge >= 0.3 is 0 Å². The third-order valence-electron chi connectivity index (χ3n) is 3.42. The molecule has 4 nitrogen and oxygen atoms in total. The predicted octanol–water partition coefficient (Wildman–Crippen LogP) is 3.30. The number of hydrogen-bond acceptors (Lipinski definition) is 3. The van der Waals surface area contributed by atoms with Gasteiger partial charge in [0.2, 0.25) is 0 Å². The third-order valence-corrected chi connectivity index (χ3v) is 3.42. The molecule has 0 amide bonds. The Labute approximate surface area is 123 Å². The molecule has 0 aliphatic rings. The fourth-order valence-electron chi connectivity index (χ4n) is 2.26. The first-order valence-electron chi connectivity index (χ1n) is 6.77. The van der Waals surface area contributed by atoms with Crippen LogP contribution in [-0.4, -0.2) is 9.97 Å². The van der Waals surface area contributed by atoms with Gasteiger partial charge in [-0.05, 0) is 49.2 Å². The monoisotopic (exact) mass is 276 g/mol. The maximum absolute atomic E-state index is 8.99. The number of nitriles is 1. The molecule has 0 unspecified atom stereocenters. The number of benzene rings is 2. The number of imidazole rings is 1. The van der Waals surface area contributed by atoms with E-state index in [1.165, 1.54) is 0 Å². The number of aromatic amines is 1. The Bertz CT molecular complexity index is 847. The second kappa shape index (κ2) is 4.72. The van der Waals surface area contributed by atoms with E-state index in [-0.39, 0.29) is 0 Å². The second-order valence-electron chi connectivity index (χ2n) is 5.73. The maximum Gasteiger partial charge on any atom is 0.126 e. The lowest BCUT2D eigenvalue weighted by Gasteiger charge is -2.13. The van der Waals surface area contributed by atoms with E-state index in [9.17, 15) is 0 Å². The first kappa shape index (κ1) is 13.3. The molecular formula is C17H16N4. The molecule has 1 aromatic heterocycles. The van der Waals surface area contributed by atoms with Gasteiger partial charge in [-0.25, -0.2) is 4.98 Å². The van der Waals surface area contributed by atoms with Crippen LogP contribution >= 0.6 is 0 Å². The Morgan fingerprint density at radius 1 is 1.14 bits per heavy atom. The smallest absolute Gasteiger partial charge is 0.126 e. The molecule has 0 atom stereocenters. The van der Waals surface area contributed by atoms with Gasteiger partial charge in [-0.2, -0.15) is 5.26 Å². The fraction of sp³-hybridized carbons (Fsp3) is 0.176. The Balaban J connectivity index is 2.10. The van der Waals surface area contributed by atoms with Crippen molar-refractivity contribution in [3.63, 3.8) is 0 Å². The van der Waals surface area contributed by atoms with Crippen LogP contribution in [-0.2, 0) is 5.54 Å². The zero-order valence-electron chi connectivity index (χ0n) is 12.0. The molecule has 0 bridgehead atoms. The van der Waals surface area contributed by atoms with E-state index in [0.29, 0.717) is 5.56 Å². The van der Waals surface area contributed by atoms with Gasteiger partial charge in [0.05, 0.1) is 28.2 Å². The van der Waals surface area contributed by atoms with Crippen molar-refractivity contribution < 1.29 is 0 Å². The molecule has 104 valence electrons. The van der Waals surface area contributed by atoms with Crippen molar-refractivity contribution in [1.82, 2.24) is 9.97 Å². The van der Waals surface area contributed by atoms with Gasteiger partial charge < -0.3 is 10.7 Å². The van der Waals surface area contributed by atoms with Crippen molar-refractivity contribution in [2.75, 3.05) is 0 Å². The molecule has 4 heteroatoms. The quantitative estimate of drug-likeness (QED) is 0.753. The average Bonchev–Trinajstić information content (AvgIpc) is 2.90. The van der Waals surface area contributed by atoms with Gasteiger partial charge in [0.1, 0.15) is 5.82 Å². The van der Waals surface area contributed by atoms with Crippen LogP contribution in [0.1, 0.15) is 25.2 Å². The van der Waals surface area contributed by atoms with Crippen molar-refractivity contribution in [2.45, 2.75) is 19.4 Å². The summed E-state index contributed by atoms with van der Waals surface area (Å²) in [6, 6.07) is 15.7. The molecular weight excluding hydrogens is 260 g/mol. The van der Waals surface area contributed by atoms with Crippen LogP contribution in [0.4, 0.5) is 0 Å². The molecule has 0 saturated carbocycles. The molecule has 0 fully saturated rings. The number of H-pyrrole nitrogens is 1. The normalized spacial score (nSPS) is 11.5. The molecule has 0 aliphatic heterocycles. The molecule has 3 aromatic rings. The number of nitrogens with two attached hydrogens (primary N) is 1. The standard InChI is InChI=1S/C17H16N4/c1-17(2,19)16-20-14-7-6-13(9-15(14)21-16)12-5-3-4-11(8-12)10-18/h3-9H,19H2,1-2H3,(H,20,21). The largest absolute Gasteiger partial charge is 0.340 e. The zero-order chi connectivity index (χ0) is 15.0. The number of rotatable bonds is 2. The van der Waals surface area contributed by atoms with E-state index in [4.69, 9.17) is 11.0 Å². The zero-order valence-corrected chi connectivity index (χ0v) is 12.0. The highest BCUT2D eigenvalue weighted by molar-refractivity contribution is 5.82. The third kappa shape index (κ3) is 2.51. The van der Waals surface area contributed by atoms with Crippen LogP contribution in [0.25, 0.3) is 22.2 Å². The lowest BCUT2D eigenvalue weighted by Crippen LogP contribution is -2.30. The number of aromatic nitrogens is 2. The summed E-state index contributed by atoms with van der Waals surface area (Å²) < 4.78 is 0. The van der Waals surface area contributed by atoms with Crippen LogP contribution in [0, 0.1) is 11.3 Å². The fourth-order valence-corrected chi connectivity index (χ4v) is 2.26. The summed E-state index contributed by atoms with van der Waals surface area (Å²) in [5.41, 5.74) is 10.1. The van der Waals surface area contributed by atoms with Gasteiger partial charge in [0.15, 0.2) is 0 Å². The van der Waals surface area contributed by atoms with Crippen LogP contribution < -0.4 is 5.73 Å². The summed E-state index contributed by atoms with van der Waals surface area (Å²) in [6.07, 6.45) is 0. The van der Waals surface area contributed by atoms with Crippen molar-refractivity contribution in [1.29, 1.82) is 5.26 Å². The first-order valence-corrected chi connectivity index (χ1v) is 6.77. The minimum atomic E-state index is -0.500. The molecule has 2 aromatic carbocycles. The van der Waals surface area contributed by atoms with Crippen LogP contribution in [0.15, 0.2) is 42.5 Å². The highest BCUT2D eigenvalue weighted by atomic mass is 15.0. The van der Waals surface area contributed by atoms with E-state index in [1.54, 1.807) is 6.07 Å². The van der Waals surface area contributed by atoms with E-state index in [2.05, 4.69) is 16.0 Å². The Hall–Kier alpha value is -2.64. The number of hydrogen-bond donors (Lipinski definition) is 2. The van der Waals surface area contributed by atoms with Crippen molar-refractivity contribution >= 4 is 11.0 Å². The summed E-state index contributed by atoms with van der Waals surface area (Å²) in [6.45, 7) is 3.84. The van der Waals surface area contributed by atoms with Crippen molar-refractivity contribution in [3.8, 4) is 17.2 Å².